The molecule has 14 heavy (non-hydrogen) atoms. The molecule has 1 fully saturated rings. The molecule has 0 atom stereocenters. The fraction of sp³-hybridized carbons (Fsp3) is 0.545. The highest BCUT2D eigenvalue weighted by Gasteiger charge is 2.42. The largest absolute Gasteiger partial charge is 0.351 e. The summed E-state index contributed by atoms with van der Waals surface area (Å²) in [6, 6.07) is 1.97. The van der Waals surface area contributed by atoms with Crippen LogP contribution in [0.25, 0.3) is 0 Å². The number of hydrogen-bond acceptors (Lipinski definition) is 2. The molecule has 2 nitrogen and oxygen atoms in total. The lowest BCUT2D eigenvalue weighted by Gasteiger charge is -2.33. The molecule has 1 aliphatic heterocycles. The van der Waals surface area contributed by atoms with Crippen LogP contribution in [0, 0.1) is 0 Å². The monoisotopic (exact) mass is 207 g/mol. The molecule has 0 unspecified atom stereocenters. The summed E-state index contributed by atoms with van der Waals surface area (Å²) >= 11 is 1.76. The smallest absolute Gasteiger partial charge is 0.252 e. The van der Waals surface area contributed by atoms with Gasteiger partial charge in [-0.2, -0.15) is 0 Å². The predicted octanol–water partition coefficient (Wildman–Crippen LogP) is 2.30. The Bertz CT molecular complexity index is 376. The Labute approximate surface area is 87.3 Å². The Morgan fingerprint density at radius 2 is 2.14 bits per heavy atom. The van der Waals surface area contributed by atoms with Crippen LogP contribution < -0.4 is 5.32 Å². The zero-order valence-electron chi connectivity index (χ0n) is 8.01. The molecule has 1 saturated carbocycles. The normalized spacial score (nSPS) is 23.6. The van der Waals surface area contributed by atoms with Crippen molar-refractivity contribution in [3.8, 4) is 0 Å². The maximum atomic E-state index is 11.6. The van der Waals surface area contributed by atoms with Crippen LogP contribution in [-0.4, -0.2) is 12.5 Å². The number of hydrogen-bond donors (Lipinski definition) is 1. The first kappa shape index (κ1) is 8.48. The van der Waals surface area contributed by atoms with E-state index in [1.807, 2.05) is 6.07 Å². The van der Waals surface area contributed by atoms with Crippen molar-refractivity contribution in [1.82, 2.24) is 5.32 Å². The van der Waals surface area contributed by atoms with Crippen LogP contribution in [0.1, 0.15) is 40.9 Å². The second-order valence-electron chi connectivity index (χ2n) is 4.33. The van der Waals surface area contributed by atoms with Crippen LogP contribution in [-0.2, 0) is 5.41 Å². The number of carbonyl (C=O) groups is 1. The standard InChI is InChI=1S/C11H13NOS/c13-10-8-3-6-14-9(8)11(7-12-10)4-1-2-5-11/h3,6H,1-2,4-5,7H2,(H,12,13). The average Bonchev–Trinajstić information content (AvgIpc) is 2.82. The van der Waals surface area contributed by atoms with Crippen molar-refractivity contribution in [3.63, 3.8) is 0 Å². The Kier molecular flexibility index (Phi) is 1.71. The quantitative estimate of drug-likeness (QED) is 0.695. The molecule has 1 spiro atoms. The molecule has 1 aliphatic carbocycles. The first-order valence-electron chi connectivity index (χ1n) is 5.18. The first-order valence-corrected chi connectivity index (χ1v) is 6.06. The van der Waals surface area contributed by atoms with E-state index < -0.39 is 0 Å². The SMILES string of the molecule is O=C1NCC2(CCCC2)c2sccc21. The molecule has 0 bridgehead atoms. The number of nitrogens with one attached hydrogen (secondary N) is 1. The number of amides is 1. The van der Waals surface area contributed by atoms with Gasteiger partial charge < -0.3 is 5.32 Å². The molecule has 1 N–H and O–H groups in total. The highest BCUT2D eigenvalue weighted by molar-refractivity contribution is 7.10. The second kappa shape index (κ2) is 2.83. The fourth-order valence-corrected chi connectivity index (χ4v) is 3.93. The lowest BCUT2D eigenvalue weighted by Crippen LogP contribution is -2.44. The molecule has 3 heteroatoms. The minimum Gasteiger partial charge on any atom is -0.351 e. The third kappa shape index (κ3) is 0.989. The predicted molar refractivity (Wildman–Crippen MR) is 56.8 cm³/mol. The molecule has 0 aromatic carbocycles. The second-order valence-corrected chi connectivity index (χ2v) is 5.25. The van der Waals surface area contributed by atoms with Gasteiger partial charge in [-0.3, -0.25) is 4.79 Å². The topological polar surface area (TPSA) is 29.1 Å². The lowest BCUT2D eigenvalue weighted by molar-refractivity contribution is 0.0927. The molecular formula is C11H13NOS. The van der Waals surface area contributed by atoms with Gasteiger partial charge in [0.2, 0.25) is 0 Å². The highest BCUT2D eigenvalue weighted by atomic mass is 32.1. The Morgan fingerprint density at radius 3 is 2.93 bits per heavy atom. The molecule has 0 radical (unpaired) electrons. The molecule has 1 aromatic heterocycles. The minimum absolute atomic E-state index is 0.124. The molecule has 1 amide bonds. The number of thiophene rings is 1. The van der Waals surface area contributed by atoms with E-state index in [-0.39, 0.29) is 5.91 Å². The van der Waals surface area contributed by atoms with Gasteiger partial charge in [0.15, 0.2) is 0 Å². The van der Waals surface area contributed by atoms with Crippen molar-refractivity contribution in [2.45, 2.75) is 31.1 Å². The van der Waals surface area contributed by atoms with Gasteiger partial charge in [-0.05, 0) is 24.3 Å². The molecule has 1 aromatic rings. The zero-order chi connectivity index (χ0) is 9.60. The summed E-state index contributed by atoms with van der Waals surface area (Å²) in [4.78, 5) is 12.9. The maximum Gasteiger partial charge on any atom is 0.252 e. The molecular weight excluding hydrogens is 194 g/mol. The van der Waals surface area contributed by atoms with Gasteiger partial charge in [-0.1, -0.05) is 12.8 Å². The minimum atomic E-state index is 0.124. The van der Waals surface area contributed by atoms with Gasteiger partial charge in [0, 0.05) is 16.8 Å². The first-order chi connectivity index (χ1) is 6.82. The van der Waals surface area contributed by atoms with Crippen LogP contribution in [0.5, 0.6) is 0 Å². The summed E-state index contributed by atoms with van der Waals surface area (Å²) < 4.78 is 0. The highest BCUT2D eigenvalue weighted by Crippen LogP contribution is 2.45. The maximum absolute atomic E-state index is 11.6. The Balaban J connectivity index is 2.12. The van der Waals surface area contributed by atoms with Gasteiger partial charge in [-0.15, -0.1) is 11.3 Å². The van der Waals surface area contributed by atoms with E-state index in [0.29, 0.717) is 5.41 Å². The van der Waals surface area contributed by atoms with Crippen molar-refractivity contribution in [3.05, 3.63) is 21.9 Å². The van der Waals surface area contributed by atoms with Gasteiger partial charge in [0.1, 0.15) is 0 Å². The van der Waals surface area contributed by atoms with Gasteiger partial charge in [0.25, 0.3) is 5.91 Å². The van der Waals surface area contributed by atoms with Gasteiger partial charge in [0.05, 0.1) is 5.56 Å². The van der Waals surface area contributed by atoms with Crippen molar-refractivity contribution >= 4 is 17.2 Å². The van der Waals surface area contributed by atoms with E-state index in [9.17, 15) is 4.79 Å². The summed E-state index contributed by atoms with van der Waals surface area (Å²) in [5, 5.41) is 5.08. The zero-order valence-corrected chi connectivity index (χ0v) is 8.82. The third-order valence-electron chi connectivity index (χ3n) is 3.54. The molecule has 3 rings (SSSR count). The summed E-state index contributed by atoms with van der Waals surface area (Å²) in [5.74, 6) is 0.124. The van der Waals surface area contributed by atoms with Crippen LogP contribution in [0.3, 0.4) is 0 Å². The van der Waals surface area contributed by atoms with Crippen LogP contribution in [0.2, 0.25) is 0 Å². The van der Waals surface area contributed by atoms with E-state index in [0.717, 1.165) is 12.1 Å². The van der Waals surface area contributed by atoms with Gasteiger partial charge >= 0.3 is 0 Å². The van der Waals surface area contributed by atoms with Crippen molar-refractivity contribution < 1.29 is 4.79 Å². The molecule has 2 heterocycles. The summed E-state index contributed by atoms with van der Waals surface area (Å²) in [6.07, 6.45) is 5.13. The Morgan fingerprint density at radius 1 is 1.36 bits per heavy atom. The Hall–Kier alpha value is -0.830. The van der Waals surface area contributed by atoms with E-state index in [1.165, 1.54) is 30.6 Å². The van der Waals surface area contributed by atoms with E-state index in [2.05, 4.69) is 10.7 Å². The summed E-state index contributed by atoms with van der Waals surface area (Å²) in [6.45, 7) is 0.860. The van der Waals surface area contributed by atoms with Crippen molar-refractivity contribution in [1.29, 1.82) is 0 Å². The molecule has 0 saturated heterocycles. The van der Waals surface area contributed by atoms with E-state index in [1.54, 1.807) is 11.3 Å². The van der Waals surface area contributed by atoms with Crippen molar-refractivity contribution in [2.75, 3.05) is 6.54 Å². The molecule has 2 aliphatic rings. The van der Waals surface area contributed by atoms with Crippen LogP contribution >= 0.6 is 11.3 Å². The van der Waals surface area contributed by atoms with Crippen LogP contribution in [0.15, 0.2) is 11.4 Å². The number of carbonyl (C=O) groups excluding carboxylic acids is 1. The summed E-state index contributed by atoms with van der Waals surface area (Å²) in [7, 11) is 0. The summed E-state index contributed by atoms with van der Waals surface area (Å²) in [5.41, 5.74) is 1.24. The van der Waals surface area contributed by atoms with E-state index >= 15 is 0 Å². The third-order valence-corrected chi connectivity index (χ3v) is 4.70. The fourth-order valence-electron chi connectivity index (χ4n) is 2.78. The number of rotatable bonds is 0. The van der Waals surface area contributed by atoms with Crippen molar-refractivity contribution in [2.24, 2.45) is 0 Å². The van der Waals surface area contributed by atoms with Gasteiger partial charge in [-0.25, -0.2) is 0 Å². The van der Waals surface area contributed by atoms with Crippen LogP contribution in [0.4, 0.5) is 0 Å². The van der Waals surface area contributed by atoms with E-state index in [4.69, 9.17) is 0 Å². The number of fused-ring (bicyclic) bond motifs is 2. The lowest BCUT2D eigenvalue weighted by atomic mass is 9.80. The average molecular weight is 207 g/mol. The molecule has 74 valence electrons.